The predicted molar refractivity (Wildman–Crippen MR) is 63.1 cm³/mol. The summed E-state index contributed by atoms with van der Waals surface area (Å²) < 4.78 is 11.4. The lowest BCUT2D eigenvalue weighted by atomic mass is 9.86. The molecule has 0 aromatic carbocycles. The molecule has 1 saturated heterocycles. The van der Waals surface area contributed by atoms with Crippen molar-refractivity contribution < 1.29 is 14.3 Å². The maximum Gasteiger partial charge on any atom is 0.169 e. The van der Waals surface area contributed by atoms with E-state index in [4.69, 9.17) is 9.15 Å². The average Bonchev–Trinajstić information content (AvgIpc) is 2.57. The van der Waals surface area contributed by atoms with Crippen molar-refractivity contribution in [1.82, 2.24) is 4.90 Å². The van der Waals surface area contributed by atoms with Crippen molar-refractivity contribution in [2.75, 3.05) is 33.4 Å². The van der Waals surface area contributed by atoms with E-state index < -0.39 is 0 Å². The van der Waals surface area contributed by atoms with Crippen LogP contribution in [-0.4, -0.2) is 43.4 Å². The highest BCUT2D eigenvalue weighted by Crippen LogP contribution is 2.28. The van der Waals surface area contributed by atoms with Gasteiger partial charge in [-0.05, 0) is 35.1 Å². The third kappa shape index (κ3) is 2.66. The number of nitrogens with zero attached hydrogens (tertiary/aromatic N) is 1. The van der Waals surface area contributed by atoms with Crippen molar-refractivity contribution in [3.8, 4) is 0 Å². The Morgan fingerprint density at radius 3 is 2.69 bits per heavy atom. The van der Waals surface area contributed by atoms with Gasteiger partial charge in [0.05, 0.1) is 31.8 Å². The maximum absolute atomic E-state index is 9.32. The van der Waals surface area contributed by atoms with Gasteiger partial charge in [-0.1, -0.05) is 0 Å². The molecule has 0 unspecified atom stereocenters. The summed E-state index contributed by atoms with van der Waals surface area (Å²) in [5, 5.41) is 9.32. The molecule has 0 bridgehead atoms. The second-order valence-electron chi connectivity index (χ2n) is 4.53. The number of ether oxygens (including phenoxy) is 1. The Hall–Kier alpha value is -0.360. The summed E-state index contributed by atoms with van der Waals surface area (Å²) in [6.07, 6.45) is 0. The van der Waals surface area contributed by atoms with Crippen LogP contribution < -0.4 is 0 Å². The van der Waals surface area contributed by atoms with Crippen LogP contribution in [0.4, 0.5) is 0 Å². The minimum Gasteiger partial charge on any atom is -0.453 e. The lowest BCUT2D eigenvalue weighted by Gasteiger charge is -2.42. The highest BCUT2D eigenvalue weighted by molar-refractivity contribution is 9.10. The van der Waals surface area contributed by atoms with E-state index in [1.165, 1.54) is 0 Å². The molecule has 90 valence electrons. The zero-order chi connectivity index (χ0) is 11.6. The number of halogens is 1. The van der Waals surface area contributed by atoms with Crippen molar-refractivity contribution in [2.24, 2.45) is 5.41 Å². The molecule has 0 spiro atoms. The minimum atomic E-state index is -0.0709. The smallest absolute Gasteiger partial charge is 0.169 e. The zero-order valence-electron chi connectivity index (χ0n) is 9.28. The van der Waals surface area contributed by atoms with Crippen molar-refractivity contribution in [1.29, 1.82) is 0 Å². The lowest BCUT2D eigenvalue weighted by molar-refractivity contribution is -0.147. The fraction of sp³-hybridized carbons (Fsp3) is 0.636. The molecule has 0 aliphatic carbocycles. The summed E-state index contributed by atoms with van der Waals surface area (Å²) in [4.78, 5) is 2.14. The first-order valence-electron chi connectivity index (χ1n) is 5.25. The normalized spacial score (nSPS) is 18.8. The summed E-state index contributed by atoms with van der Waals surface area (Å²) >= 11 is 3.28. The predicted octanol–water partition coefficient (Wildman–Crippen LogP) is 1.48. The van der Waals surface area contributed by atoms with Gasteiger partial charge in [-0.2, -0.15) is 0 Å². The van der Waals surface area contributed by atoms with Crippen molar-refractivity contribution in [2.45, 2.75) is 6.54 Å². The Morgan fingerprint density at radius 2 is 2.25 bits per heavy atom. The first-order valence-corrected chi connectivity index (χ1v) is 6.04. The molecule has 1 aromatic rings. The van der Waals surface area contributed by atoms with Crippen LogP contribution in [-0.2, 0) is 11.3 Å². The van der Waals surface area contributed by atoms with E-state index in [2.05, 4.69) is 20.8 Å². The SMILES string of the molecule is CN(Cc1ccc(Br)o1)CC1(CO)COC1. The van der Waals surface area contributed by atoms with Gasteiger partial charge in [0, 0.05) is 6.54 Å². The van der Waals surface area contributed by atoms with E-state index >= 15 is 0 Å². The van der Waals surface area contributed by atoms with E-state index in [1.807, 2.05) is 19.2 Å². The van der Waals surface area contributed by atoms with Crippen LogP contribution >= 0.6 is 15.9 Å². The quantitative estimate of drug-likeness (QED) is 0.892. The largest absolute Gasteiger partial charge is 0.453 e. The fourth-order valence-electron chi connectivity index (χ4n) is 1.95. The minimum absolute atomic E-state index is 0.0709. The molecule has 1 N–H and O–H groups in total. The number of rotatable bonds is 5. The molecule has 5 heteroatoms. The van der Waals surface area contributed by atoms with Gasteiger partial charge in [0.1, 0.15) is 5.76 Å². The van der Waals surface area contributed by atoms with Crippen LogP contribution in [0, 0.1) is 5.41 Å². The number of furan rings is 1. The fourth-order valence-corrected chi connectivity index (χ4v) is 2.29. The highest BCUT2D eigenvalue weighted by Gasteiger charge is 2.38. The third-order valence-corrected chi connectivity index (χ3v) is 3.24. The van der Waals surface area contributed by atoms with Gasteiger partial charge >= 0.3 is 0 Å². The van der Waals surface area contributed by atoms with E-state index in [-0.39, 0.29) is 12.0 Å². The topological polar surface area (TPSA) is 45.8 Å². The molecular formula is C11H16BrNO3. The molecular weight excluding hydrogens is 274 g/mol. The van der Waals surface area contributed by atoms with Crippen LogP contribution in [0.1, 0.15) is 5.76 Å². The third-order valence-electron chi connectivity index (χ3n) is 2.81. The van der Waals surface area contributed by atoms with Crippen molar-refractivity contribution in [3.63, 3.8) is 0 Å². The number of aliphatic hydroxyl groups excluding tert-OH is 1. The van der Waals surface area contributed by atoms with E-state index in [0.29, 0.717) is 13.2 Å². The number of hydrogen-bond donors (Lipinski definition) is 1. The van der Waals surface area contributed by atoms with Crippen molar-refractivity contribution in [3.05, 3.63) is 22.6 Å². The van der Waals surface area contributed by atoms with Crippen LogP contribution in [0.3, 0.4) is 0 Å². The summed E-state index contributed by atoms with van der Waals surface area (Å²) in [7, 11) is 2.02. The van der Waals surface area contributed by atoms with Gasteiger partial charge in [-0.15, -0.1) is 0 Å². The monoisotopic (exact) mass is 289 g/mol. The van der Waals surface area contributed by atoms with Gasteiger partial charge in [-0.3, -0.25) is 4.90 Å². The van der Waals surface area contributed by atoms with Gasteiger partial charge in [-0.25, -0.2) is 0 Å². The Morgan fingerprint density at radius 1 is 1.50 bits per heavy atom. The molecule has 0 radical (unpaired) electrons. The summed E-state index contributed by atoms with van der Waals surface area (Å²) in [5.41, 5.74) is -0.0709. The molecule has 0 atom stereocenters. The summed E-state index contributed by atoms with van der Waals surface area (Å²) in [6, 6.07) is 3.83. The van der Waals surface area contributed by atoms with Crippen LogP contribution in [0.15, 0.2) is 21.2 Å². The molecule has 16 heavy (non-hydrogen) atoms. The van der Waals surface area contributed by atoms with Gasteiger partial charge in [0.25, 0.3) is 0 Å². The first kappa shape index (κ1) is 12.1. The summed E-state index contributed by atoms with van der Waals surface area (Å²) in [5.74, 6) is 0.919. The average molecular weight is 290 g/mol. The number of hydrogen-bond acceptors (Lipinski definition) is 4. The Bertz CT molecular complexity index is 343. The second-order valence-corrected chi connectivity index (χ2v) is 5.31. The van der Waals surface area contributed by atoms with E-state index in [1.54, 1.807) is 0 Å². The maximum atomic E-state index is 9.32. The van der Waals surface area contributed by atoms with Crippen LogP contribution in [0.25, 0.3) is 0 Å². The molecule has 2 heterocycles. The van der Waals surface area contributed by atoms with Gasteiger partial charge < -0.3 is 14.3 Å². The molecule has 2 rings (SSSR count). The molecule has 1 aliphatic heterocycles. The molecule has 0 saturated carbocycles. The zero-order valence-corrected chi connectivity index (χ0v) is 10.9. The second kappa shape index (κ2) is 4.87. The molecule has 1 fully saturated rings. The van der Waals surface area contributed by atoms with Gasteiger partial charge in [0.15, 0.2) is 4.67 Å². The Labute approximate surface area is 103 Å². The van der Waals surface area contributed by atoms with E-state index in [0.717, 1.165) is 23.5 Å². The van der Waals surface area contributed by atoms with Gasteiger partial charge in [0.2, 0.25) is 0 Å². The lowest BCUT2D eigenvalue weighted by Crippen LogP contribution is -2.52. The molecule has 1 aromatic heterocycles. The summed E-state index contributed by atoms with van der Waals surface area (Å²) in [6.45, 7) is 3.04. The highest BCUT2D eigenvalue weighted by atomic mass is 79.9. The Kier molecular flexibility index (Phi) is 3.69. The standard InChI is InChI=1S/C11H16BrNO3/c1-13(4-9-2-3-10(12)16-9)5-11(6-14)7-15-8-11/h2-3,14H,4-8H2,1H3. The molecule has 1 aliphatic rings. The van der Waals surface area contributed by atoms with Crippen LogP contribution in [0.2, 0.25) is 0 Å². The molecule has 0 amide bonds. The first-order chi connectivity index (χ1) is 7.63. The Balaban J connectivity index is 1.86. The van der Waals surface area contributed by atoms with E-state index in [9.17, 15) is 5.11 Å². The molecule has 4 nitrogen and oxygen atoms in total. The van der Waals surface area contributed by atoms with Crippen molar-refractivity contribution >= 4 is 15.9 Å². The van der Waals surface area contributed by atoms with Crippen LogP contribution in [0.5, 0.6) is 0 Å². The number of aliphatic hydroxyl groups is 1.